The number of hydrogen-bond donors (Lipinski definition) is 1. The van der Waals surface area contributed by atoms with Crippen LogP contribution in [-0.2, 0) is 4.79 Å². The van der Waals surface area contributed by atoms with Gasteiger partial charge in [-0.05, 0) is 37.1 Å². The van der Waals surface area contributed by atoms with Crippen molar-refractivity contribution in [2.24, 2.45) is 0 Å². The van der Waals surface area contributed by atoms with Crippen molar-refractivity contribution < 1.29 is 14.5 Å². The van der Waals surface area contributed by atoms with Crippen LogP contribution in [0.5, 0.6) is 5.75 Å². The Labute approximate surface area is 137 Å². The minimum absolute atomic E-state index is 0.0832. The number of anilines is 1. The van der Waals surface area contributed by atoms with Crippen molar-refractivity contribution in [1.29, 1.82) is 0 Å². The number of aromatic nitrogens is 1. The number of carbonyl (C=O) groups is 1. The molecule has 0 saturated carbocycles. The zero-order valence-electron chi connectivity index (χ0n) is 12.5. The molecule has 7 nitrogen and oxygen atoms in total. The van der Waals surface area contributed by atoms with Crippen molar-refractivity contribution in [3.63, 3.8) is 0 Å². The van der Waals surface area contributed by atoms with Gasteiger partial charge in [0.2, 0.25) is 5.75 Å². The van der Waals surface area contributed by atoms with Crippen LogP contribution in [0.25, 0.3) is 0 Å². The third kappa shape index (κ3) is 4.40. The molecule has 0 aliphatic carbocycles. The molecule has 1 N–H and O–H groups in total. The third-order valence-electron chi connectivity index (χ3n) is 2.94. The Morgan fingerprint density at radius 3 is 2.74 bits per heavy atom. The predicted molar refractivity (Wildman–Crippen MR) is 85.9 cm³/mol. The van der Waals surface area contributed by atoms with Gasteiger partial charge in [0.1, 0.15) is 5.82 Å². The molecule has 0 spiro atoms. The molecule has 1 heterocycles. The number of aryl methyl sites for hydroxylation is 2. The number of carbonyl (C=O) groups excluding carboxylic acids is 1. The molecule has 0 saturated heterocycles. The quantitative estimate of drug-likeness (QED) is 0.668. The predicted octanol–water partition coefficient (Wildman–Crippen LogP) is 3.28. The number of benzene rings is 1. The number of pyridine rings is 1. The van der Waals surface area contributed by atoms with Crippen LogP contribution in [0, 0.1) is 24.0 Å². The lowest BCUT2D eigenvalue weighted by Crippen LogP contribution is -2.21. The van der Waals surface area contributed by atoms with Crippen LogP contribution in [0.1, 0.15) is 11.1 Å². The van der Waals surface area contributed by atoms with Crippen LogP contribution >= 0.6 is 11.6 Å². The molecular formula is C15H14ClN3O4. The Hall–Kier alpha value is -2.67. The fourth-order valence-electron chi connectivity index (χ4n) is 2.02. The van der Waals surface area contributed by atoms with Gasteiger partial charge in [0.25, 0.3) is 5.91 Å². The molecule has 2 aromatic rings. The molecule has 8 heteroatoms. The average molecular weight is 336 g/mol. The molecule has 0 radical (unpaired) electrons. The lowest BCUT2D eigenvalue weighted by molar-refractivity contribution is -0.385. The van der Waals surface area contributed by atoms with Crippen molar-refractivity contribution in [2.45, 2.75) is 13.8 Å². The highest BCUT2D eigenvalue weighted by molar-refractivity contribution is 6.30. The fourth-order valence-corrected chi connectivity index (χ4v) is 2.13. The zero-order valence-corrected chi connectivity index (χ0v) is 13.3. The van der Waals surface area contributed by atoms with Gasteiger partial charge in [-0.2, -0.15) is 0 Å². The van der Waals surface area contributed by atoms with E-state index in [1.165, 1.54) is 12.3 Å². The van der Waals surface area contributed by atoms with Crippen LogP contribution in [-0.4, -0.2) is 22.4 Å². The Morgan fingerprint density at radius 1 is 1.39 bits per heavy atom. The van der Waals surface area contributed by atoms with Crippen molar-refractivity contribution in [2.75, 3.05) is 11.9 Å². The molecule has 0 unspecified atom stereocenters. The first-order chi connectivity index (χ1) is 10.9. The summed E-state index contributed by atoms with van der Waals surface area (Å²) in [6.45, 7) is 3.08. The van der Waals surface area contributed by atoms with Gasteiger partial charge in [-0.1, -0.05) is 17.7 Å². The van der Waals surface area contributed by atoms with Crippen LogP contribution in [0.2, 0.25) is 5.02 Å². The number of nitrogens with one attached hydrogen (secondary N) is 1. The third-order valence-corrected chi connectivity index (χ3v) is 3.16. The van der Waals surface area contributed by atoms with Gasteiger partial charge in [0, 0.05) is 12.3 Å². The number of halogens is 1. The van der Waals surface area contributed by atoms with Crippen LogP contribution in [0.15, 0.2) is 30.5 Å². The first kappa shape index (κ1) is 16.7. The van der Waals surface area contributed by atoms with Crippen molar-refractivity contribution in [1.82, 2.24) is 4.98 Å². The fraction of sp³-hybridized carbons (Fsp3) is 0.200. The van der Waals surface area contributed by atoms with E-state index in [9.17, 15) is 14.9 Å². The monoisotopic (exact) mass is 335 g/mol. The maximum absolute atomic E-state index is 11.9. The van der Waals surface area contributed by atoms with Gasteiger partial charge in [-0.15, -0.1) is 0 Å². The summed E-state index contributed by atoms with van der Waals surface area (Å²) in [5, 5.41) is 14.1. The zero-order chi connectivity index (χ0) is 17.0. The molecule has 0 aliphatic heterocycles. The van der Waals surface area contributed by atoms with Crippen LogP contribution in [0.3, 0.4) is 0 Å². The van der Waals surface area contributed by atoms with Gasteiger partial charge in [0.15, 0.2) is 6.61 Å². The summed E-state index contributed by atoms with van der Waals surface area (Å²) in [5.41, 5.74) is 1.17. The lowest BCUT2D eigenvalue weighted by atomic mass is 10.1. The average Bonchev–Trinajstić information content (AvgIpc) is 2.48. The molecule has 0 fully saturated rings. The van der Waals surface area contributed by atoms with E-state index < -0.39 is 10.8 Å². The van der Waals surface area contributed by atoms with Gasteiger partial charge in [-0.25, -0.2) is 4.98 Å². The molecule has 1 aromatic heterocycles. The SMILES string of the molecule is Cc1cc(C)c(OCC(=O)Nc2ccc(Cl)cn2)c([N+](=O)[O-])c1. The first-order valence-corrected chi connectivity index (χ1v) is 7.04. The highest BCUT2D eigenvalue weighted by Gasteiger charge is 2.19. The van der Waals surface area contributed by atoms with Gasteiger partial charge >= 0.3 is 5.69 Å². The molecule has 1 amide bonds. The molecule has 2 rings (SSSR count). The van der Waals surface area contributed by atoms with Crippen LogP contribution in [0.4, 0.5) is 11.5 Å². The number of amides is 1. The van der Waals surface area contributed by atoms with E-state index in [0.717, 1.165) is 5.56 Å². The molecule has 1 aromatic carbocycles. The summed E-state index contributed by atoms with van der Waals surface area (Å²) < 4.78 is 5.33. The van der Waals surface area contributed by atoms with E-state index in [0.29, 0.717) is 16.4 Å². The number of hydrogen-bond acceptors (Lipinski definition) is 5. The summed E-state index contributed by atoms with van der Waals surface area (Å²) in [6, 6.07) is 6.28. The smallest absolute Gasteiger partial charge is 0.311 e. The van der Waals surface area contributed by atoms with E-state index in [-0.39, 0.29) is 18.0 Å². The Kier molecular flexibility index (Phi) is 5.13. The Morgan fingerprint density at radius 2 is 2.13 bits per heavy atom. The lowest BCUT2D eigenvalue weighted by Gasteiger charge is -2.10. The standard InChI is InChI=1S/C15H14ClN3O4/c1-9-5-10(2)15(12(6-9)19(21)22)23-8-14(20)18-13-4-3-11(16)7-17-13/h3-7H,8H2,1-2H3,(H,17,18,20). The molecule has 120 valence electrons. The molecule has 0 bridgehead atoms. The first-order valence-electron chi connectivity index (χ1n) is 6.66. The molecule has 0 atom stereocenters. The summed E-state index contributed by atoms with van der Waals surface area (Å²) in [5.74, 6) is -0.0768. The number of nitrogens with zero attached hydrogens (tertiary/aromatic N) is 2. The molecule has 0 aliphatic rings. The van der Waals surface area contributed by atoms with Gasteiger partial charge in [0.05, 0.1) is 9.95 Å². The second-order valence-electron chi connectivity index (χ2n) is 4.89. The highest BCUT2D eigenvalue weighted by atomic mass is 35.5. The van der Waals surface area contributed by atoms with Crippen molar-refractivity contribution in [3.05, 3.63) is 56.7 Å². The van der Waals surface area contributed by atoms with E-state index in [1.807, 2.05) is 0 Å². The van der Waals surface area contributed by atoms with E-state index in [1.54, 1.807) is 32.0 Å². The van der Waals surface area contributed by atoms with Crippen molar-refractivity contribution >= 4 is 29.0 Å². The summed E-state index contributed by atoms with van der Waals surface area (Å²) in [6.07, 6.45) is 1.40. The van der Waals surface area contributed by atoms with Gasteiger partial charge < -0.3 is 10.1 Å². The minimum Gasteiger partial charge on any atom is -0.477 e. The van der Waals surface area contributed by atoms with Gasteiger partial charge in [-0.3, -0.25) is 14.9 Å². The maximum Gasteiger partial charge on any atom is 0.311 e. The summed E-state index contributed by atoms with van der Waals surface area (Å²) in [4.78, 5) is 26.3. The molecule has 23 heavy (non-hydrogen) atoms. The van der Waals surface area contributed by atoms with E-state index >= 15 is 0 Å². The van der Waals surface area contributed by atoms with E-state index in [2.05, 4.69) is 10.3 Å². The maximum atomic E-state index is 11.9. The second kappa shape index (κ2) is 7.06. The summed E-state index contributed by atoms with van der Waals surface area (Å²) in [7, 11) is 0. The highest BCUT2D eigenvalue weighted by Crippen LogP contribution is 2.31. The molecular weight excluding hydrogens is 322 g/mol. The normalized spacial score (nSPS) is 10.2. The number of nitro benzene ring substituents is 1. The Balaban J connectivity index is 2.07. The number of rotatable bonds is 5. The topological polar surface area (TPSA) is 94.4 Å². The second-order valence-corrected chi connectivity index (χ2v) is 5.32. The minimum atomic E-state index is -0.534. The van der Waals surface area contributed by atoms with Crippen LogP contribution < -0.4 is 10.1 Å². The number of ether oxygens (including phenoxy) is 1. The van der Waals surface area contributed by atoms with E-state index in [4.69, 9.17) is 16.3 Å². The largest absolute Gasteiger partial charge is 0.477 e. The van der Waals surface area contributed by atoms with Crippen molar-refractivity contribution in [3.8, 4) is 5.75 Å². The Bertz CT molecular complexity index is 747. The number of nitro groups is 1. The summed E-state index contributed by atoms with van der Waals surface area (Å²) >= 11 is 5.70.